The maximum absolute atomic E-state index is 5.28. The van der Waals surface area contributed by atoms with Gasteiger partial charge in [-0.05, 0) is 128 Å². The van der Waals surface area contributed by atoms with Gasteiger partial charge in [-0.2, -0.15) is 0 Å². The number of hydrogen-bond donors (Lipinski definition) is 0. The van der Waals surface area contributed by atoms with Crippen molar-refractivity contribution >= 4 is 32.3 Å². The molecular weight excluding hydrogens is 809 g/mol. The highest BCUT2D eigenvalue weighted by atomic mass is 15.0. The molecule has 0 saturated carbocycles. The van der Waals surface area contributed by atoms with E-state index in [2.05, 4.69) is 147 Å². The van der Waals surface area contributed by atoms with Crippen molar-refractivity contribution in [2.75, 3.05) is 0 Å². The van der Waals surface area contributed by atoms with Crippen LogP contribution in [-0.4, -0.2) is 39.9 Å². The van der Waals surface area contributed by atoms with Gasteiger partial charge in [0, 0.05) is 70.4 Å². The lowest BCUT2D eigenvalue weighted by Crippen LogP contribution is -2.01. The van der Waals surface area contributed by atoms with Gasteiger partial charge in [0.05, 0.1) is 22.8 Å². The first-order valence-electron chi connectivity index (χ1n) is 21.7. The van der Waals surface area contributed by atoms with Crippen molar-refractivity contribution in [1.29, 1.82) is 0 Å². The van der Waals surface area contributed by atoms with Crippen molar-refractivity contribution in [3.8, 4) is 90.3 Å². The number of nitrogens with zero attached hydrogens (tertiary/aromatic N) is 8. The van der Waals surface area contributed by atoms with Crippen LogP contribution in [0.3, 0.4) is 0 Å². The molecule has 0 amide bonds. The number of hydrogen-bond acceptors (Lipinski definition) is 8. The number of pyridine rings is 5. The second-order valence-corrected chi connectivity index (χ2v) is 16.1. The second-order valence-electron chi connectivity index (χ2n) is 16.1. The molecule has 6 heterocycles. The predicted molar refractivity (Wildman–Crippen MR) is 265 cm³/mol. The van der Waals surface area contributed by atoms with E-state index in [0.29, 0.717) is 23.2 Å². The van der Waals surface area contributed by atoms with E-state index in [9.17, 15) is 0 Å². The number of aromatic nitrogens is 8. The van der Waals surface area contributed by atoms with Gasteiger partial charge in [0.1, 0.15) is 0 Å². The van der Waals surface area contributed by atoms with Crippen molar-refractivity contribution in [2.24, 2.45) is 0 Å². The van der Waals surface area contributed by atoms with E-state index in [1.165, 1.54) is 16.2 Å². The van der Waals surface area contributed by atoms with Crippen LogP contribution in [0.4, 0.5) is 0 Å². The summed E-state index contributed by atoms with van der Waals surface area (Å²) in [6.45, 7) is 0. The zero-order valence-corrected chi connectivity index (χ0v) is 35.4. The van der Waals surface area contributed by atoms with Crippen LogP contribution < -0.4 is 0 Å². The van der Waals surface area contributed by atoms with Gasteiger partial charge < -0.3 is 0 Å². The quantitative estimate of drug-likeness (QED) is 0.139. The molecule has 12 rings (SSSR count). The van der Waals surface area contributed by atoms with E-state index in [0.717, 1.165) is 83.3 Å². The van der Waals surface area contributed by atoms with Crippen LogP contribution in [0.1, 0.15) is 0 Å². The minimum absolute atomic E-state index is 0.504. The highest BCUT2D eigenvalue weighted by Gasteiger charge is 2.18. The SMILES string of the molecule is c1ccc(-c2cc(-c3nc(-c4cc(-c5ccc(-c6nccc7ccccc67)cc5)cc(-c5cc6ccccc6c6ccccc56)c4)nc(-c4ccnc(-c5cccnc5)c4)n3)ccn2)nc1. The molecule has 8 nitrogen and oxygen atoms in total. The number of benzene rings is 6. The Morgan fingerprint density at radius 1 is 0.273 bits per heavy atom. The van der Waals surface area contributed by atoms with E-state index in [-0.39, 0.29) is 0 Å². The lowest BCUT2D eigenvalue weighted by atomic mass is 9.90. The van der Waals surface area contributed by atoms with Crippen molar-refractivity contribution in [3.63, 3.8) is 0 Å². The van der Waals surface area contributed by atoms with E-state index in [4.69, 9.17) is 19.9 Å². The number of fused-ring (bicyclic) bond motifs is 4. The molecular formula is C58H36N8. The summed E-state index contributed by atoms with van der Waals surface area (Å²) in [7, 11) is 0. The Balaban J connectivity index is 1.07. The maximum Gasteiger partial charge on any atom is 0.164 e. The van der Waals surface area contributed by atoms with Gasteiger partial charge in [0.25, 0.3) is 0 Å². The zero-order chi connectivity index (χ0) is 43.8. The molecule has 66 heavy (non-hydrogen) atoms. The van der Waals surface area contributed by atoms with E-state index < -0.39 is 0 Å². The van der Waals surface area contributed by atoms with E-state index in [1.54, 1.807) is 31.0 Å². The molecule has 0 saturated heterocycles. The molecule has 0 aliphatic rings. The molecule has 0 radical (unpaired) electrons. The summed E-state index contributed by atoms with van der Waals surface area (Å²) >= 11 is 0. The lowest BCUT2D eigenvalue weighted by Gasteiger charge is -2.15. The summed E-state index contributed by atoms with van der Waals surface area (Å²) in [5.74, 6) is 1.54. The summed E-state index contributed by atoms with van der Waals surface area (Å²) in [4.78, 5) is 38.8. The molecule has 6 aromatic heterocycles. The average molecular weight is 845 g/mol. The highest BCUT2D eigenvalue weighted by Crippen LogP contribution is 2.40. The van der Waals surface area contributed by atoms with Crippen LogP contribution in [0, 0.1) is 0 Å². The first-order valence-corrected chi connectivity index (χ1v) is 21.7. The Labute approximate surface area is 380 Å². The number of rotatable bonds is 8. The molecule has 0 spiro atoms. The third-order valence-electron chi connectivity index (χ3n) is 12.0. The van der Waals surface area contributed by atoms with Crippen LogP contribution in [0.5, 0.6) is 0 Å². The molecule has 0 fully saturated rings. The largest absolute Gasteiger partial charge is 0.264 e. The minimum atomic E-state index is 0.504. The molecule has 0 unspecified atom stereocenters. The monoisotopic (exact) mass is 844 g/mol. The Hall–Kier alpha value is -9.14. The third-order valence-corrected chi connectivity index (χ3v) is 12.0. The Morgan fingerprint density at radius 3 is 1.64 bits per heavy atom. The standard InChI is InChI=1S/C58H36N8/c1-4-14-48-38(10-1)22-29-63-55(48)39-20-18-37(19-21-39)44-30-45(51-33-40-11-2-3-13-47(40)49-15-5-6-16-50(49)51)32-46(31-44)58-65-56(41-23-27-61-53(34-41)43-12-9-25-59-36-43)64-57(66-58)42-24-28-62-54(35-42)52-17-7-8-26-60-52/h1-36H. The molecule has 308 valence electrons. The van der Waals surface area contributed by atoms with Crippen LogP contribution in [0.15, 0.2) is 219 Å². The summed E-state index contributed by atoms with van der Waals surface area (Å²) < 4.78 is 0. The van der Waals surface area contributed by atoms with Crippen molar-refractivity contribution in [2.45, 2.75) is 0 Å². The molecule has 0 bridgehead atoms. The predicted octanol–water partition coefficient (Wildman–Crippen LogP) is 13.6. The van der Waals surface area contributed by atoms with Crippen molar-refractivity contribution in [1.82, 2.24) is 39.9 Å². The molecule has 0 aliphatic carbocycles. The Kier molecular flexibility index (Phi) is 9.65. The van der Waals surface area contributed by atoms with Crippen LogP contribution >= 0.6 is 0 Å². The first kappa shape index (κ1) is 38.5. The van der Waals surface area contributed by atoms with Gasteiger partial charge in [-0.1, -0.05) is 103 Å². The Bertz CT molecular complexity index is 3660. The molecule has 8 heteroatoms. The molecule has 0 N–H and O–H groups in total. The summed E-state index contributed by atoms with van der Waals surface area (Å²) in [5, 5.41) is 7.00. The summed E-state index contributed by atoms with van der Waals surface area (Å²) in [6.07, 6.45) is 10.8. The normalized spacial score (nSPS) is 11.3. The first-order chi connectivity index (χ1) is 32.7. The van der Waals surface area contributed by atoms with Gasteiger partial charge >= 0.3 is 0 Å². The average Bonchev–Trinajstić information content (AvgIpc) is 3.41. The fraction of sp³-hybridized carbons (Fsp3) is 0. The third kappa shape index (κ3) is 7.28. The molecule has 0 atom stereocenters. The Morgan fingerprint density at radius 2 is 0.879 bits per heavy atom. The van der Waals surface area contributed by atoms with Crippen molar-refractivity contribution < 1.29 is 0 Å². The maximum atomic E-state index is 5.28. The van der Waals surface area contributed by atoms with Gasteiger partial charge in [-0.3, -0.25) is 24.9 Å². The minimum Gasteiger partial charge on any atom is -0.264 e. The fourth-order valence-corrected chi connectivity index (χ4v) is 8.77. The lowest BCUT2D eigenvalue weighted by molar-refractivity contribution is 1.07. The van der Waals surface area contributed by atoms with Crippen LogP contribution in [-0.2, 0) is 0 Å². The second kappa shape index (κ2) is 16.5. The topological polar surface area (TPSA) is 103 Å². The molecule has 0 aliphatic heterocycles. The summed E-state index contributed by atoms with van der Waals surface area (Å²) in [6, 6.07) is 62.8. The van der Waals surface area contributed by atoms with E-state index >= 15 is 0 Å². The zero-order valence-electron chi connectivity index (χ0n) is 35.4. The summed E-state index contributed by atoms with van der Waals surface area (Å²) in [5.41, 5.74) is 11.8. The fourth-order valence-electron chi connectivity index (χ4n) is 8.77. The smallest absolute Gasteiger partial charge is 0.164 e. The van der Waals surface area contributed by atoms with Gasteiger partial charge in [0.15, 0.2) is 17.5 Å². The van der Waals surface area contributed by atoms with Crippen LogP contribution in [0.2, 0.25) is 0 Å². The molecule has 12 aromatic rings. The van der Waals surface area contributed by atoms with Gasteiger partial charge in [0.2, 0.25) is 0 Å². The van der Waals surface area contributed by atoms with Crippen molar-refractivity contribution in [3.05, 3.63) is 219 Å². The van der Waals surface area contributed by atoms with Gasteiger partial charge in [-0.25, -0.2) is 15.0 Å². The molecule has 6 aromatic carbocycles. The highest BCUT2D eigenvalue weighted by molar-refractivity contribution is 6.14. The van der Waals surface area contributed by atoms with Crippen LogP contribution in [0.25, 0.3) is 123 Å². The van der Waals surface area contributed by atoms with Gasteiger partial charge in [-0.15, -0.1) is 0 Å². The van der Waals surface area contributed by atoms with E-state index in [1.807, 2.05) is 60.8 Å².